The molecule has 0 aromatic carbocycles. The topological polar surface area (TPSA) is 12.0 Å². The fourth-order valence-corrected chi connectivity index (χ4v) is 3.91. The van der Waals surface area contributed by atoms with Crippen molar-refractivity contribution >= 4 is 38.6 Å². The lowest BCUT2D eigenvalue weighted by atomic mass is 10.1. The van der Waals surface area contributed by atoms with Crippen LogP contribution in [0.2, 0.25) is 0 Å². The molecule has 0 amide bonds. The first-order valence-electron chi connectivity index (χ1n) is 4.81. The summed E-state index contributed by atoms with van der Waals surface area (Å²) in [4.78, 5) is 1.36. The number of hydrogen-bond acceptors (Lipinski definition) is 3. The molecule has 1 nitrogen and oxygen atoms in total. The molecular formula is C11H12BrNS2. The molecule has 0 saturated heterocycles. The highest BCUT2D eigenvalue weighted by atomic mass is 79.9. The molecule has 0 radical (unpaired) electrons. The van der Waals surface area contributed by atoms with Crippen LogP contribution in [0, 0.1) is 0 Å². The Hall–Kier alpha value is -0.160. The number of nitrogens with one attached hydrogen (secondary N) is 1. The number of rotatable bonds is 4. The van der Waals surface area contributed by atoms with E-state index in [9.17, 15) is 0 Å². The van der Waals surface area contributed by atoms with Crippen molar-refractivity contribution in [1.82, 2.24) is 5.32 Å². The molecule has 0 aliphatic heterocycles. The van der Waals surface area contributed by atoms with Gasteiger partial charge in [-0.25, -0.2) is 0 Å². The van der Waals surface area contributed by atoms with Gasteiger partial charge in [0.15, 0.2) is 0 Å². The second-order valence-corrected chi connectivity index (χ2v) is 5.76. The quantitative estimate of drug-likeness (QED) is 0.889. The Bertz CT molecular complexity index is 408. The van der Waals surface area contributed by atoms with Crippen molar-refractivity contribution in [3.63, 3.8) is 0 Å². The van der Waals surface area contributed by atoms with E-state index < -0.39 is 0 Å². The Balaban J connectivity index is 2.32. The van der Waals surface area contributed by atoms with Crippen molar-refractivity contribution in [2.45, 2.75) is 13.0 Å². The van der Waals surface area contributed by atoms with E-state index in [1.165, 1.54) is 14.9 Å². The second kappa shape index (κ2) is 5.25. The standard InChI is InChI=1S/C11H12BrNS2/c1-2-13-10(8-3-5-14-7-8)11-9(12)4-6-15-11/h3-7,10,13H,2H2,1H3. The van der Waals surface area contributed by atoms with Gasteiger partial charge in [-0.15, -0.1) is 11.3 Å². The summed E-state index contributed by atoms with van der Waals surface area (Å²) >= 11 is 7.13. The van der Waals surface area contributed by atoms with E-state index in [0.717, 1.165) is 6.54 Å². The maximum Gasteiger partial charge on any atom is 0.0690 e. The molecule has 0 saturated carbocycles. The van der Waals surface area contributed by atoms with Crippen LogP contribution in [0.5, 0.6) is 0 Å². The van der Waals surface area contributed by atoms with Crippen LogP contribution in [0.4, 0.5) is 0 Å². The van der Waals surface area contributed by atoms with Gasteiger partial charge in [0.1, 0.15) is 0 Å². The molecule has 2 aromatic rings. The SMILES string of the molecule is CCNC(c1ccsc1)c1sccc1Br. The summed E-state index contributed by atoms with van der Waals surface area (Å²) in [6.07, 6.45) is 0. The summed E-state index contributed by atoms with van der Waals surface area (Å²) in [7, 11) is 0. The maximum absolute atomic E-state index is 3.60. The lowest BCUT2D eigenvalue weighted by Gasteiger charge is -2.15. The monoisotopic (exact) mass is 301 g/mol. The Kier molecular flexibility index (Phi) is 3.97. The van der Waals surface area contributed by atoms with Crippen molar-refractivity contribution < 1.29 is 0 Å². The molecule has 80 valence electrons. The molecule has 0 spiro atoms. The molecule has 1 unspecified atom stereocenters. The molecule has 1 N–H and O–H groups in total. The molecule has 4 heteroatoms. The average molecular weight is 302 g/mol. The van der Waals surface area contributed by atoms with Gasteiger partial charge < -0.3 is 5.32 Å². The van der Waals surface area contributed by atoms with Crippen molar-refractivity contribution in [3.8, 4) is 0 Å². The van der Waals surface area contributed by atoms with Gasteiger partial charge in [-0.2, -0.15) is 11.3 Å². The summed E-state index contributed by atoms with van der Waals surface area (Å²) in [6.45, 7) is 3.12. The van der Waals surface area contributed by atoms with E-state index in [2.05, 4.69) is 56.4 Å². The number of thiophene rings is 2. The highest BCUT2D eigenvalue weighted by Crippen LogP contribution is 2.33. The predicted molar refractivity (Wildman–Crippen MR) is 71.9 cm³/mol. The van der Waals surface area contributed by atoms with E-state index >= 15 is 0 Å². The van der Waals surface area contributed by atoms with Crippen LogP contribution in [-0.4, -0.2) is 6.54 Å². The van der Waals surface area contributed by atoms with E-state index in [-0.39, 0.29) is 0 Å². The number of halogens is 1. The van der Waals surface area contributed by atoms with Crippen molar-refractivity contribution in [1.29, 1.82) is 0 Å². The van der Waals surface area contributed by atoms with Gasteiger partial charge in [-0.05, 0) is 56.3 Å². The molecule has 2 aromatic heterocycles. The Morgan fingerprint density at radius 2 is 2.27 bits per heavy atom. The fraction of sp³-hybridized carbons (Fsp3) is 0.273. The molecule has 0 fully saturated rings. The van der Waals surface area contributed by atoms with Gasteiger partial charge in [0, 0.05) is 9.35 Å². The highest BCUT2D eigenvalue weighted by Gasteiger charge is 2.17. The third-order valence-corrected chi connectivity index (χ3v) is 4.83. The van der Waals surface area contributed by atoms with Gasteiger partial charge in [-0.3, -0.25) is 0 Å². The summed E-state index contributed by atoms with van der Waals surface area (Å²) < 4.78 is 1.20. The largest absolute Gasteiger partial charge is 0.306 e. The second-order valence-electron chi connectivity index (χ2n) is 3.18. The first-order chi connectivity index (χ1) is 7.33. The van der Waals surface area contributed by atoms with E-state index in [1.807, 2.05) is 0 Å². The molecule has 2 heterocycles. The van der Waals surface area contributed by atoms with Gasteiger partial charge in [0.2, 0.25) is 0 Å². The predicted octanol–water partition coefficient (Wildman–Crippen LogP) is 4.27. The maximum atomic E-state index is 3.60. The van der Waals surface area contributed by atoms with E-state index in [4.69, 9.17) is 0 Å². The van der Waals surface area contributed by atoms with Crippen molar-refractivity contribution in [3.05, 3.63) is 43.2 Å². The fourth-order valence-electron chi connectivity index (χ4n) is 1.52. The average Bonchev–Trinajstić information content (AvgIpc) is 2.85. The van der Waals surface area contributed by atoms with Gasteiger partial charge in [-0.1, -0.05) is 6.92 Å². The van der Waals surface area contributed by atoms with Crippen LogP contribution in [0.1, 0.15) is 23.4 Å². The van der Waals surface area contributed by atoms with Crippen LogP contribution in [0.25, 0.3) is 0 Å². The van der Waals surface area contributed by atoms with Crippen LogP contribution in [0.15, 0.2) is 32.7 Å². The van der Waals surface area contributed by atoms with Crippen LogP contribution in [-0.2, 0) is 0 Å². The van der Waals surface area contributed by atoms with Gasteiger partial charge >= 0.3 is 0 Å². The molecule has 0 bridgehead atoms. The first-order valence-corrected chi connectivity index (χ1v) is 7.43. The molecule has 0 aliphatic carbocycles. The van der Waals surface area contributed by atoms with Crippen molar-refractivity contribution in [2.24, 2.45) is 0 Å². The van der Waals surface area contributed by atoms with E-state index in [0.29, 0.717) is 6.04 Å². The summed E-state index contributed by atoms with van der Waals surface area (Å²) in [5.41, 5.74) is 1.35. The van der Waals surface area contributed by atoms with E-state index in [1.54, 1.807) is 22.7 Å². The smallest absolute Gasteiger partial charge is 0.0690 e. The van der Waals surface area contributed by atoms with Gasteiger partial charge in [0.05, 0.1) is 6.04 Å². The van der Waals surface area contributed by atoms with Crippen LogP contribution < -0.4 is 5.32 Å². The minimum absolute atomic E-state index is 0.329. The third-order valence-electron chi connectivity index (χ3n) is 2.19. The Morgan fingerprint density at radius 3 is 2.80 bits per heavy atom. The number of hydrogen-bond donors (Lipinski definition) is 1. The summed E-state index contributed by atoms with van der Waals surface area (Å²) in [5, 5.41) is 9.97. The van der Waals surface area contributed by atoms with Crippen LogP contribution >= 0.6 is 38.6 Å². The molecule has 15 heavy (non-hydrogen) atoms. The van der Waals surface area contributed by atoms with Crippen LogP contribution in [0.3, 0.4) is 0 Å². The normalized spacial score (nSPS) is 12.9. The molecule has 2 rings (SSSR count). The Labute approximate surface area is 106 Å². The lowest BCUT2D eigenvalue weighted by molar-refractivity contribution is 0.640. The summed E-state index contributed by atoms with van der Waals surface area (Å²) in [5.74, 6) is 0. The lowest BCUT2D eigenvalue weighted by Crippen LogP contribution is -2.20. The zero-order valence-corrected chi connectivity index (χ0v) is 11.6. The minimum atomic E-state index is 0.329. The highest BCUT2D eigenvalue weighted by molar-refractivity contribution is 9.10. The summed E-state index contributed by atoms with van der Waals surface area (Å²) in [6, 6.07) is 4.62. The molecular weight excluding hydrogens is 290 g/mol. The minimum Gasteiger partial charge on any atom is -0.306 e. The van der Waals surface area contributed by atoms with Crippen molar-refractivity contribution in [2.75, 3.05) is 6.54 Å². The molecule has 1 atom stereocenters. The zero-order chi connectivity index (χ0) is 10.7. The van der Waals surface area contributed by atoms with Gasteiger partial charge in [0.25, 0.3) is 0 Å². The molecule has 0 aliphatic rings. The Morgan fingerprint density at radius 1 is 1.40 bits per heavy atom. The first kappa shape index (κ1) is 11.3. The third kappa shape index (κ3) is 2.50. The zero-order valence-electron chi connectivity index (χ0n) is 8.37.